The second kappa shape index (κ2) is 4.72. The van der Waals surface area contributed by atoms with Crippen LogP contribution in [0.5, 0.6) is 0 Å². The van der Waals surface area contributed by atoms with Crippen molar-refractivity contribution in [3.8, 4) is 0 Å². The standard InChI is InChI=1S/C12H12F3N3/c1-7(10-5-6-16-18(10)2)17-9-4-3-8(13)11(14)12(9)15/h3-7,17H,1-2H3. The van der Waals surface area contributed by atoms with Crippen molar-refractivity contribution in [1.82, 2.24) is 9.78 Å². The first-order valence-corrected chi connectivity index (χ1v) is 5.38. The average Bonchev–Trinajstić information content (AvgIpc) is 2.76. The Bertz CT molecular complexity index is 566. The first-order valence-electron chi connectivity index (χ1n) is 5.38. The topological polar surface area (TPSA) is 29.9 Å². The smallest absolute Gasteiger partial charge is 0.196 e. The summed E-state index contributed by atoms with van der Waals surface area (Å²) in [5.41, 5.74) is 0.724. The second-order valence-electron chi connectivity index (χ2n) is 3.97. The van der Waals surface area contributed by atoms with Gasteiger partial charge in [0, 0.05) is 13.2 Å². The summed E-state index contributed by atoms with van der Waals surface area (Å²) in [5, 5.41) is 6.76. The average molecular weight is 255 g/mol. The zero-order valence-electron chi connectivity index (χ0n) is 9.92. The summed E-state index contributed by atoms with van der Waals surface area (Å²) in [7, 11) is 1.75. The molecule has 0 saturated carbocycles. The fraction of sp³-hybridized carbons (Fsp3) is 0.250. The molecule has 96 valence electrons. The van der Waals surface area contributed by atoms with Crippen LogP contribution in [0.25, 0.3) is 0 Å². The lowest BCUT2D eigenvalue weighted by molar-refractivity contribution is 0.448. The summed E-state index contributed by atoms with van der Waals surface area (Å²) in [5.74, 6) is -3.90. The summed E-state index contributed by atoms with van der Waals surface area (Å²) in [6.07, 6.45) is 1.61. The molecule has 0 aliphatic heterocycles. The molecule has 0 amide bonds. The molecule has 0 radical (unpaired) electrons. The molecule has 1 aromatic heterocycles. The van der Waals surface area contributed by atoms with E-state index < -0.39 is 17.5 Å². The van der Waals surface area contributed by atoms with Crippen LogP contribution in [0, 0.1) is 17.5 Å². The molecule has 0 aliphatic rings. The minimum absolute atomic E-state index is 0.0809. The van der Waals surface area contributed by atoms with E-state index in [0.29, 0.717) is 0 Å². The van der Waals surface area contributed by atoms with E-state index in [1.54, 1.807) is 30.9 Å². The molecule has 2 rings (SSSR count). The molecule has 0 spiro atoms. The monoisotopic (exact) mass is 255 g/mol. The maximum atomic E-state index is 13.5. The maximum absolute atomic E-state index is 13.5. The minimum Gasteiger partial charge on any atom is -0.375 e. The molecular formula is C12H12F3N3. The summed E-state index contributed by atoms with van der Waals surface area (Å²) in [6, 6.07) is 3.53. The van der Waals surface area contributed by atoms with Gasteiger partial charge in [-0.15, -0.1) is 0 Å². The number of aryl methyl sites for hydroxylation is 1. The van der Waals surface area contributed by atoms with E-state index >= 15 is 0 Å². The van der Waals surface area contributed by atoms with Gasteiger partial charge in [0.1, 0.15) is 0 Å². The lowest BCUT2D eigenvalue weighted by Gasteiger charge is -2.16. The van der Waals surface area contributed by atoms with Crippen molar-refractivity contribution in [2.75, 3.05) is 5.32 Å². The molecule has 0 aliphatic carbocycles. The van der Waals surface area contributed by atoms with Gasteiger partial charge in [0.25, 0.3) is 0 Å². The fourth-order valence-corrected chi connectivity index (χ4v) is 1.75. The van der Waals surface area contributed by atoms with E-state index in [-0.39, 0.29) is 11.7 Å². The number of nitrogens with one attached hydrogen (secondary N) is 1. The van der Waals surface area contributed by atoms with Gasteiger partial charge in [0.2, 0.25) is 0 Å². The largest absolute Gasteiger partial charge is 0.375 e. The van der Waals surface area contributed by atoms with E-state index in [9.17, 15) is 13.2 Å². The van der Waals surface area contributed by atoms with Gasteiger partial charge in [-0.2, -0.15) is 5.10 Å². The summed E-state index contributed by atoms with van der Waals surface area (Å²) in [4.78, 5) is 0. The van der Waals surface area contributed by atoms with Crippen LogP contribution in [0.4, 0.5) is 18.9 Å². The van der Waals surface area contributed by atoms with E-state index in [1.165, 1.54) is 6.07 Å². The van der Waals surface area contributed by atoms with Crippen LogP contribution in [-0.4, -0.2) is 9.78 Å². The highest BCUT2D eigenvalue weighted by Crippen LogP contribution is 2.24. The highest BCUT2D eigenvalue weighted by Gasteiger charge is 2.16. The Kier molecular flexibility index (Phi) is 3.27. The number of halogens is 3. The van der Waals surface area contributed by atoms with Gasteiger partial charge in [0.15, 0.2) is 17.5 Å². The Balaban J connectivity index is 2.25. The van der Waals surface area contributed by atoms with E-state index in [4.69, 9.17) is 0 Å². The Morgan fingerprint density at radius 1 is 1.17 bits per heavy atom. The number of hydrogen-bond donors (Lipinski definition) is 1. The molecule has 0 saturated heterocycles. The van der Waals surface area contributed by atoms with Gasteiger partial charge < -0.3 is 5.32 Å². The van der Waals surface area contributed by atoms with E-state index in [2.05, 4.69) is 10.4 Å². The zero-order valence-corrected chi connectivity index (χ0v) is 9.92. The lowest BCUT2D eigenvalue weighted by Crippen LogP contribution is -2.13. The molecule has 2 aromatic rings. The maximum Gasteiger partial charge on any atom is 0.196 e. The predicted molar refractivity (Wildman–Crippen MR) is 61.6 cm³/mol. The first-order chi connectivity index (χ1) is 8.50. The third-order valence-corrected chi connectivity index (χ3v) is 2.71. The van der Waals surface area contributed by atoms with Gasteiger partial charge >= 0.3 is 0 Å². The third-order valence-electron chi connectivity index (χ3n) is 2.71. The van der Waals surface area contributed by atoms with Crippen molar-refractivity contribution in [2.24, 2.45) is 7.05 Å². The molecule has 18 heavy (non-hydrogen) atoms. The molecule has 1 atom stereocenters. The molecule has 0 fully saturated rings. The van der Waals surface area contributed by atoms with Gasteiger partial charge in [0.05, 0.1) is 17.4 Å². The van der Waals surface area contributed by atoms with Gasteiger partial charge in [-0.3, -0.25) is 4.68 Å². The number of nitrogens with zero attached hydrogens (tertiary/aromatic N) is 2. The van der Waals surface area contributed by atoms with E-state index in [0.717, 1.165) is 11.8 Å². The van der Waals surface area contributed by atoms with E-state index in [1.807, 2.05) is 0 Å². The number of anilines is 1. The molecule has 1 N–H and O–H groups in total. The van der Waals surface area contributed by atoms with Crippen LogP contribution < -0.4 is 5.32 Å². The highest BCUT2D eigenvalue weighted by molar-refractivity contribution is 5.46. The quantitative estimate of drug-likeness (QED) is 0.854. The Morgan fingerprint density at radius 3 is 2.50 bits per heavy atom. The highest BCUT2D eigenvalue weighted by atomic mass is 19.2. The SMILES string of the molecule is CC(Nc1ccc(F)c(F)c1F)c1ccnn1C. The molecule has 1 heterocycles. The second-order valence-corrected chi connectivity index (χ2v) is 3.97. The van der Waals surface area contributed by atoms with Gasteiger partial charge in [-0.1, -0.05) is 0 Å². The molecule has 0 bridgehead atoms. The van der Waals surface area contributed by atoms with Crippen molar-refractivity contribution >= 4 is 5.69 Å². The van der Waals surface area contributed by atoms with Gasteiger partial charge in [-0.25, -0.2) is 13.2 Å². The Morgan fingerprint density at radius 2 is 1.89 bits per heavy atom. The number of benzene rings is 1. The first kappa shape index (κ1) is 12.5. The Labute approximate surface area is 102 Å². The van der Waals surface area contributed by atoms with Crippen LogP contribution in [0.1, 0.15) is 18.7 Å². The molecular weight excluding hydrogens is 243 g/mol. The van der Waals surface area contributed by atoms with Crippen LogP contribution in [0.2, 0.25) is 0 Å². The van der Waals surface area contributed by atoms with Crippen LogP contribution in [0.15, 0.2) is 24.4 Å². The molecule has 6 heteroatoms. The molecule has 3 nitrogen and oxygen atoms in total. The van der Waals surface area contributed by atoms with Crippen molar-refractivity contribution in [3.63, 3.8) is 0 Å². The fourth-order valence-electron chi connectivity index (χ4n) is 1.75. The summed E-state index contributed by atoms with van der Waals surface area (Å²) >= 11 is 0. The summed E-state index contributed by atoms with van der Waals surface area (Å²) in [6.45, 7) is 1.78. The number of aromatic nitrogens is 2. The minimum atomic E-state index is -1.47. The third kappa shape index (κ3) is 2.18. The number of hydrogen-bond acceptors (Lipinski definition) is 2. The van der Waals surface area contributed by atoms with Crippen LogP contribution in [-0.2, 0) is 7.05 Å². The number of rotatable bonds is 3. The van der Waals surface area contributed by atoms with Crippen LogP contribution in [0.3, 0.4) is 0 Å². The Hall–Kier alpha value is -1.98. The zero-order chi connectivity index (χ0) is 13.3. The normalized spacial score (nSPS) is 12.5. The van der Waals surface area contributed by atoms with Crippen molar-refractivity contribution in [2.45, 2.75) is 13.0 Å². The lowest BCUT2D eigenvalue weighted by atomic mass is 10.2. The van der Waals surface area contributed by atoms with Gasteiger partial charge in [-0.05, 0) is 25.1 Å². The molecule has 1 aromatic carbocycles. The van der Waals surface area contributed by atoms with Crippen molar-refractivity contribution in [1.29, 1.82) is 0 Å². The van der Waals surface area contributed by atoms with Crippen molar-refractivity contribution < 1.29 is 13.2 Å². The summed E-state index contributed by atoms with van der Waals surface area (Å²) < 4.78 is 40.9. The van der Waals surface area contributed by atoms with Crippen LogP contribution >= 0.6 is 0 Å². The predicted octanol–water partition coefficient (Wildman–Crippen LogP) is 3.01. The van der Waals surface area contributed by atoms with Crippen molar-refractivity contribution in [3.05, 3.63) is 47.5 Å². The molecule has 1 unspecified atom stereocenters.